The molecule has 4 N–H and O–H groups in total. The predicted molar refractivity (Wildman–Crippen MR) is 134 cm³/mol. The number of likely N-dealkylation sites (tertiary alicyclic amines) is 1. The van der Waals surface area contributed by atoms with Gasteiger partial charge in [-0.15, -0.1) is 0 Å². The second kappa shape index (κ2) is 11.3. The quantitative estimate of drug-likeness (QED) is 0.634. The third-order valence-electron chi connectivity index (χ3n) is 6.79. The molecular formula is C27H32F2N6O. The number of rotatable bonds is 5. The highest BCUT2D eigenvalue weighted by Crippen LogP contribution is 2.43. The summed E-state index contributed by atoms with van der Waals surface area (Å²) in [6.45, 7) is 6.73. The Morgan fingerprint density at radius 3 is 2.56 bits per heavy atom. The molecule has 2 heterocycles. The highest BCUT2D eigenvalue weighted by atomic mass is 19.1. The Morgan fingerprint density at radius 1 is 1.28 bits per heavy atom. The minimum atomic E-state index is -0.743. The summed E-state index contributed by atoms with van der Waals surface area (Å²) in [6.07, 6.45) is 7.18. The van der Waals surface area contributed by atoms with Crippen molar-refractivity contribution in [3.8, 4) is 6.07 Å². The number of carbonyl (C=O) groups excluding carboxylic acids is 1. The Balaban J connectivity index is 0.00000176. The zero-order valence-electron chi connectivity index (χ0n) is 20.9. The summed E-state index contributed by atoms with van der Waals surface area (Å²) >= 11 is 0. The van der Waals surface area contributed by atoms with Crippen molar-refractivity contribution in [1.29, 1.82) is 5.26 Å². The minimum Gasteiger partial charge on any atom is -0.401 e. The number of nitriles is 1. The number of amides is 1. The predicted octanol–water partition coefficient (Wildman–Crippen LogP) is 4.42. The van der Waals surface area contributed by atoms with E-state index in [1.165, 1.54) is 18.3 Å². The maximum absolute atomic E-state index is 14.2. The van der Waals surface area contributed by atoms with Crippen LogP contribution in [0.25, 0.3) is 5.70 Å². The van der Waals surface area contributed by atoms with Crippen molar-refractivity contribution < 1.29 is 13.6 Å². The zero-order valence-corrected chi connectivity index (χ0v) is 20.9. The SMILES string of the molecule is CC.CCC1(c2cncc(C(=O)N3CC(C#N)C3)n2)CCCC(/C=C(\N)c2c(F)cccc2F)=C1N. The molecule has 1 atom stereocenters. The van der Waals surface area contributed by atoms with Crippen molar-refractivity contribution in [2.24, 2.45) is 17.4 Å². The summed E-state index contributed by atoms with van der Waals surface area (Å²) < 4.78 is 28.4. The molecule has 1 aliphatic heterocycles. The number of aromatic nitrogens is 2. The van der Waals surface area contributed by atoms with Crippen molar-refractivity contribution in [2.75, 3.05) is 13.1 Å². The Labute approximate surface area is 210 Å². The monoisotopic (exact) mass is 494 g/mol. The lowest BCUT2D eigenvalue weighted by molar-refractivity contribution is 0.0570. The van der Waals surface area contributed by atoms with Crippen LogP contribution in [-0.2, 0) is 5.41 Å². The first-order valence-corrected chi connectivity index (χ1v) is 12.2. The maximum Gasteiger partial charge on any atom is 0.274 e. The molecule has 0 bridgehead atoms. The Hall–Kier alpha value is -3.80. The van der Waals surface area contributed by atoms with Gasteiger partial charge in [-0.1, -0.05) is 26.8 Å². The van der Waals surface area contributed by atoms with E-state index in [1.807, 2.05) is 20.8 Å². The van der Waals surface area contributed by atoms with Crippen LogP contribution in [-0.4, -0.2) is 33.9 Å². The summed E-state index contributed by atoms with van der Waals surface area (Å²) in [4.78, 5) is 23.2. The largest absolute Gasteiger partial charge is 0.401 e. The number of allylic oxidation sites excluding steroid dienone is 3. The van der Waals surface area contributed by atoms with E-state index in [-0.39, 0.29) is 28.8 Å². The van der Waals surface area contributed by atoms with Crippen LogP contribution in [0.4, 0.5) is 8.78 Å². The van der Waals surface area contributed by atoms with Gasteiger partial charge in [-0.3, -0.25) is 9.78 Å². The van der Waals surface area contributed by atoms with Crippen LogP contribution < -0.4 is 11.5 Å². The smallest absolute Gasteiger partial charge is 0.274 e. The van der Waals surface area contributed by atoms with Crippen molar-refractivity contribution in [2.45, 2.75) is 51.9 Å². The molecule has 4 rings (SSSR count). The van der Waals surface area contributed by atoms with E-state index in [1.54, 1.807) is 11.1 Å². The number of hydrogen-bond acceptors (Lipinski definition) is 6. The van der Waals surface area contributed by atoms with Crippen LogP contribution in [0.2, 0.25) is 0 Å². The summed E-state index contributed by atoms with van der Waals surface area (Å²) in [7, 11) is 0. The van der Waals surface area contributed by atoms with Crippen molar-refractivity contribution in [3.05, 3.63) is 76.5 Å². The van der Waals surface area contributed by atoms with Crippen LogP contribution in [0.1, 0.15) is 68.2 Å². The third-order valence-corrected chi connectivity index (χ3v) is 6.79. The molecule has 190 valence electrons. The van der Waals surface area contributed by atoms with E-state index in [4.69, 9.17) is 16.7 Å². The summed E-state index contributed by atoms with van der Waals surface area (Å²) in [6, 6.07) is 5.74. The molecule has 0 spiro atoms. The molecule has 2 aliphatic rings. The first-order chi connectivity index (χ1) is 17.3. The van der Waals surface area contributed by atoms with Gasteiger partial charge in [0, 0.05) is 30.7 Å². The summed E-state index contributed by atoms with van der Waals surface area (Å²) in [5, 5.41) is 8.97. The molecule has 1 aromatic heterocycles. The zero-order chi connectivity index (χ0) is 26.5. The van der Waals surface area contributed by atoms with E-state index in [0.29, 0.717) is 49.3 Å². The van der Waals surface area contributed by atoms with Crippen LogP contribution in [0.3, 0.4) is 0 Å². The normalized spacial score (nSPS) is 20.2. The summed E-state index contributed by atoms with van der Waals surface area (Å²) in [5.74, 6) is -1.91. The van der Waals surface area contributed by atoms with Crippen LogP contribution in [0.15, 0.2) is 47.9 Å². The lowest BCUT2D eigenvalue weighted by Crippen LogP contribution is -2.49. The Kier molecular flexibility index (Phi) is 8.41. The fourth-order valence-electron chi connectivity index (χ4n) is 4.74. The highest BCUT2D eigenvalue weighted by Gasteiger charge is 2.40. The van der Waals surface area contributed by atoms with Gasteiger partial charge in [0.25, 0.3) is 5.91 Å². The second-order valence-electron chi connectivity index (χ2n) is 8.75. The molecule has 36 heavy (non-hydrogen) atoms. The van der Waals surface area contributed by atoms with E-state index in [2.05, 4.69) is 16.0 Å². The third kappa shape index (κ3) is 4.94. The van der Waals surface area contributed by atoms with Crippen molar-refractivity contribution in [1.82, 2.24) is 14.9 Å². The van der Waals surface area contributed by atoms with Crippen molar-refractivity contribution in [3.63, 3.8) is 0 Å². The van der Waals surface area contributed by atoms with Gasteiger partial charge in [-0.25, -0.2) is 13.8 Å². The minimum absolute atomic E-state index is 0.0414. The molecule has 1 saturated heterocycles. The highest BCUT2D eigenvalue weighted by molar-refractivity contribution is 5.92. The topological polar surface area (TPSA) is 122 Å². The van der Waals surface area contributed by atoms with Gasteiger partial charge in [0.05, 0.1) is 34.9 Å². The van der Waals surface area contributed by atoms with Crippen molar-refractivity contribution >= 4 is 11.6 Å². The van der Waals surface area contributed by atoms with E-state index >= 15 is 0 Å². The number of carbonyl (C=O) groups is 1. The second-order valence-corrected chi connectivity index (χ2v) is 8.75. The number of halogens is 2. The molecule has 1 fully saturated rings. The van der Waals surface area contributed by atoms with Gasteiger partial charge < -0.3 is 16.4 Å². The molecule has 1 unspecified atom stereocenters. The average molecular weight is 495 g/mol. The van der Waals surface area contributed by atoms with E-state index in [9.17, 15) is 13.6 Å². The fraction of sp³-hybridized carbons (Fsp3) is 0.407. The lowest BCUT2D eigenvalue weighted by Gasteiger charge is -2.38. The summed E-state index contributed by atoms with van der Waals surface area (Å²) in [5.41, 5.74) is 13.7. The molecule has 0 saturated carbocycles. The molecule has 9 heteroatoms. The van der Waals surface area contributed by atoms with Gasteiger partial charge in [0.15, 0.2) is 0 Å². The molecule has 7 nitrogen and oxygen atoms in total. The number of benzene rings is 1. The van der Waals surface area contributed by atoms with Gasteiger partial charge in [-0.05, 0) is 49.5 Å². The van der Waals surface area contributed by atoms with Crippen LogP contribution >= 0.6 is 0 Å². The maximum atomic E-state index is 14.2. The lowest BCUT2D eigenvalue weighted by atomic mass is 9.69. The van der Waals surface area contributed by atoms with Gasteiger partial charge >= 0.3 is 0 Å². The molecular weight excluding hydrogens is 462 g/mol. The Bertz CT molecular complexity index is 1210. The molecule has 1 aliphatic carbocycles. The molecule has 1 aromatic carbocycles. The Morgan fingerprint density at radius 2 is 1.94 bits per heavy atom. The molecule has 1 amide bonds. The first kappa shape index (κ1) is 26.8. The average Bonchev–Trinajstić information content (AvgIpc) is 2.86. The number of nitrogens with zero attached hydrogens (tertiary/aromatic N) is 4. The van der Waals surface area contributed by atoms with Gasteiger partial charge in [-0.2, -0.15) is 5.26 Å². The first-order valence-electron chi connectivity index (χ1n) is 12.2. The molecule has 0 radical (unpaired) electrons. The van der Waals surface area contributed by atoms with E-state index in [0.717, 1.165) is 18.6 Å². The number of hydrogen-bond donors (Lipinski definition) is 2. The fourth-order valence-corrected chi connectivity index (χ4v) is 4.74. The van der Waals surface area contributed by atoms with Gasteiger partial charge in [0.2, 0.25) is 0 Å². The molecule has 2 aromatic rings. The van der Waals surface area contributed by atoms with Crippen LogP contribution in [0.5, 0.6) is 0 Å². The van der Waals surface area contributed by atoms with Crippen LogP contribution in [0, 0.1) is 28.9 Å². The number of nitrogens with two attached hydrogens (primary N) is 2. The van der Waals surface area contributed by atoms with Gasteiger partial charge in [0.1, 0.15) is 17.3 Å². The van der Waals surface area contributed by atoms with E-state index < -0.39 is 17.0 Å². The standard InChI is InChI=1S/C25H26F2N6O.C2H6/c1-2-25(21-12-31-11-20(32-21)24(34)33-13-15(10-28)14-33)8-4-5-16(23(25)30)9-19(29)22-17(26)6-3-7-18(22)27;1-2/h3,6-7,9,11-12,15H,2,4-5,8,13-14,29-30H2,1H3;1-2H3/b19-9-;.